The van der Waals surface area contributed by atoms with Gasteiger partial charge in [-0.2, -0.15) is 0 Å². The van der Waals surface area contributed by atoms with E-state index in [1.165, 1.54) is 7.11 Å². The minimum Gasteiger partial charge on any atom is -0.489 e. The lowest BCUT2D eigenvalue weighted by Crippen LogP contribution is -2.05. The quantitative estimate of drug-likeness (QED) is 0.0536. The lowest BCUT2D eigenvalue weighted by atomic mass is 10.0. The minimum absolute atomic E-state index is 0.0137. The fourth-order valence-corrected chi connectivity index (χ4v) is 5.67. The van der Waals surface area contributed by atoms with Crippen molar-refractivity contribution >= 4 is 23.4 Å². The molecule has 0 fully saturated rings. The van der Waals surface area contributed by atoms with E-state index in [2.05, 4.69) is 5.16 Å². The van der Waals surface area contributed by atoms with Crippen LogP contribution in [0.25, 0.3) is 0 Å². The molecular weight excluding hydrogens is 707 g/mol. The van der Waals surface area contributed by atoms with Crippen LogP contribution in [-0.2, 0) is 40.5 Å². The van der Waals surface area contributed by atoms with Gasteiger partial charge in [0.15, 0.2) is 5.78 Å². The standard InChI is InChI=1S/C24H23NO4.C23H20O4/c1-28-25-24(20-7-3-2-4-8-20)21-9-5-6-19(16-21)17-29-22-13-10-18(11-14-22)12-15-23(26)27;24-22(25)14-11-17-9-12-21(13-10-17)27-16-18-5-4-8-20(15-18)23(26)19-6-2-1-3-7-19/h2-11,13-14,16H,12,15,17H2,1H3,(H,26,27);1-10,12-13,15H,11,14,16H2,(H,24,25)/b25-24-;. The zero-order chi connectivity index (χ0) is 39.5. The number of carboxylic acid groups (broad SMARTS) is 2. The second kappa shape index (κ2) is 21.0. The Morgan fingerprint density at radius 2 is 0.911 bits per heavy atom. The molecule has 2 N–H and O–H groups in total. The Kier molecular flexibility index (Phi) is 15.1. The van der Waals surface area contributed by atoms with Crippen molar-refractivity contribution in [3.63, 3.8) is 0 Å². The molecule has 56 heavy (non-hydrogen) atoms. The molecule has 9 nitrogen and oxygen atoms in total. The van der Waals surface area contributed by atoms with Crippen molar-refractivity contribution in [1.82, 2.24) is 0 Å². The number of rotatable bonds is 17. The molecule has 0 atom stereocenters. The molecule has 0 bridgehead atoms. The van der Waals surface area contributed by atoms with E-state index in [0.29, 0.717) is 42.9 Å². The van der Waals surface area contributed by atoms with Gasteiger partial charge in [0.05, 0.1) is 0 Å². The molecule has 6 rings (SSSR count). The first kappa shape index (κ1) is 40.2. The van der Waals surface area contributed by atoms with Crippen molar-refractivity contribution in [1.29, 1.82) is 0 Å². The highest BCUT2D eigenvalue weighted by Gasteiger charge is 2.11. The number of nitrogens with zero attached hydrogens (tertiary/aromatic N) is 1. The molecular formula is C47H43NO8. The number of oxime groups is 1. The van der Waals surface area contributed by atoms with Gasteiger partial charge < -0.3 is 24.5 Å². The average Bonchev–Trinajstić information content (AvgIpc) is 3.24. The molecule has 0 unspecified atom stereocenters. The van der Waals surface area contributed by atoms with E-state index in [0.717, 1.165) is 44.8 Å². The van der Waals surface area contributed by atoms with Crippen LogP contribution in [0.3, 0.4) is 0 Å². The molecule has 0 aliphatic heterocycles. The third-order valence-electron chi connectivity index (χ3n) is 8.57. The van der Waals surface area contributed by atoms with E-state index in [4.69, 9.17) is 24.5 Å². The zero-order valence-electron chi connectivity index (χ0n) is 31.0. The van der Waals surface area contributed by atoms with Gasteiger partial charge in [-0.1, -0.05) is 126 Å². The summed E-state index contributed by atoms with van der Waals surface area (Å²) in [5.41, 5.74) is 7.83. The van der Waals surface area contributed by atoms with Crippen LogP contribution in [0.1, 0.15) is 62.1 Å². The van der Waals surface area contributed by atoms with Crippen LogP contribution < -0.4 is 9.47 Å². The number of carbonyl (C=O) groups excluding carboxylic acids is 1. The summed E-state index contributed by atoms with van der Waals surface area (Å²) >= 11 is 0. The van der Waals surface area contributed by atoms with E-state index < -0.39 is 11.9 Å². The topological polar surface area (TPSA) is 132 Å². The van der Waals surface area contributed by atoms with Gasteiger partial charge >= 0.3 is 11.9 Å². The summed E-state index contributed by atoms with van der Waals surface area (Å²) in [6, 6.07) is 49.4. The Balaban J connectivity index is 0.000000215. The van der Waals surface area contributed by atoms with Crippen LogP contribution in [0.4, 0.5) is 0 Å². The fraction of sp³-hybridized carbons (Fsp3) is 0.149. The minimum atomic E-state index is -0.805. The van der Waals surface area contributed by atoms with Gasteiger partial charge in [0.25, 0.3) is 0 Å². The maximum Gasteiger partial charge on any atom is 0.303 e. The Morgan fingerprint density at radius 3 is 1.38 bits per heavy atom. The number of hydrogen-bond acceptors (Lipinski definition) is 7. The van der Waals surface area contributed by atoms with Crippen LogP contribution in [0, 0.1) is 0 Å². The highest BCUT2D eigenvalue weighted by molar-refractivity contribution is 6.12. The van der Waals surface area contributed by atoms with Gasteiger partial charge in [0, 0.05) is 35.1 Å². The molecule has 0 heterocycles. The predicted molar refractivity (Wildman–Crippen MR) is 215 cm³/mol. The first-order valence-corrected chi connectivity index (χ1v) is 18.1. The molecule has 0 aliphatic rings. The number of ether oxygens (including phenoxy) is 2. The Morgan fingerprint density at radius 1 is 0.482 bits per heavy atom. The van der Waals surface area contributed by atoms with Gasteiger partial charge in [-0.05, 0) is 71.5 Å². The number of benzene rings is 6. The number of hydrogen-bond donors (Lipinski definition) is 2. The van der Waals surface area contributed by atoms with Gasteiger partial charge in [-0.15, -0.1) is 0 Å². The number of aryl methyl sites for hydroxylation is 2. The molecule has 6 aromatic carbocycles. The van der Waals surface area contributed by atoms with Crippen LogP contribution in [0.5, 0.6) is 11.5 Å². The van der Waals surface area contributed by atoms with Crippen molar-refractivity contribution in [3.8, 4) is 11.5 Å². The monoisotopic (exact) mass is 749 g/mol. The van der Waals surface area contributed by atoms with Crippen LogP contribution >= 0.6 is 0 Å². The number of ketones is 1. The van der Waals surface area contributed by atoms with E-state index in [9.17, 15) is 14.4 Å². The molecule has 0 aromatic heterocycles. The van der Waals surface area contributed by atoms with Gasteiger partial charge in [0.2, 0.25) is 0 Å². The Labute approximate surface area is 326 Å². The van der Waals surface area contributed by atoms with Crippen LogP contribution in [0.15, 0.2) is 163 Å². The summed E-state index contributed by atoms with van der Waals surface area (Å²) in [5.74, 6) is -0.172. The van der Waals surface area contributed by atoms with E-state index in [1.807, 2.05) is 140 Å². The zero-order valence-corrected chi connectivity index (χ0v) is 31.0. The third kappa shape index (κ3) is 12.8. The largest absolute Gasteiger partial charge is 0.489 e. The van der Waals surface area contributed by atoms with E-state index >= 15 is 0 Å². The van der Waals surface area contributed by atoms with Gasteiger partial charge in [0.1, 0.15) is 37.5 Å². The first-order chi connectivity index (χ1) is 27.3. The van der Waals surface area contributed by atoms with Gasteiger partial charge in [-0.3, -0.25) is 14.4 Å². The smallest absolute Gasteiger partial charge is 0.303 e. The first-order valence-electron chi connectivity index (χ1n) is 18.1. The second-order valence-electron chi connectivity index (χ2n) is 12.7. The summed E-state index contributed by atoms with van der Waals surface area (Å²) in [7, 11) is 1.54. The maximum atomic E-state index is 12.5. The normalized spacial score (nSPS) is 10.8. The lowest BCUT2D eigenvalue weighted by molar-refractivity contribution is -0.138. The highest BCUT2D eigenvalue weighted by Crippen LogP contribution is 2.19. The summed E-state index contributed by atoms with van der Waals surface area (Å²) in [5, 5.41) is 21.7. The number of carboxylic acids is 2. The number of aliphatic carboxylic acids is 2. The van der Waals surface area contributed by atoms with Crippen LogP contribution in [-0.4, -0.2) is 40.8 Å². The van der Waals surface area contributed by atoms with Crippen molar-refractivity contribution in [2.24, 2.45) is 5.16 Å². The fourth-order valence-electron chi connectivity index (χ4n) is 5.67. The Bertz CT molecular complexity index is 2200. The lowest BCUT2D eigenvalue weighted by Gasteiger charge is -2.10. The summed E-state index contributed by atoms with van der Waals surface area (Å²) in [6.07, 6.45) is 1.25. The molecule has 284 valence electrons. The van der Waals surface area contributed by atoms with Crippen LogP contribution in [0.2, 0.25) is 0 Å². The Hall–Kier alpha value is -7.00. The summed E-state index contributed by atoms with van der Waals surface area (Å²) in [4.78, 5) is 38.9. The molecule has 6 aromatic rings. The van der Waals surface area contributed by atoms with E-state index in [1.54, 1.807) is 18.2 Å². The van der Waals surface area contributed by atoms with Gasteiger partial charge in [-0.25, -0.2) is 0 Å². The van der Waals surface area contributed by atoms with Crippen molar-refractivity contribution < 1.29 is 38.9 Å². The maximum absolute atomic E-state index is 12.5. The molecule has 0 spiro atoms. The van der Waals surface area contributed by atoms with Crippen molar-refractivity contribution in [3.05, 3.63) is 202 Å². The second-order valence-corrected chi connectivity index (χ2v) is 12.7. The number of carbonyl (C=O) groups is 3. The SMILES string of the molecule is CO/N=C(/c1ccccc1)c1cccc(COc2ccc(CCC(=O)O)cc2)c1.O=C(O)CCc1ccc(OCc2cccc(C(=O)c3ccccc3)c2)cc1. The molecule has 0 saturated carbocycles. The van der Waals surface area contributed by atoms with E-state index in [-0.39, 0.29) is 18.6 Å². The third-order valence-corrected chi connectivity index (χ3v) is 8.57. The molecule has 0 aliphatic carbocycles. The molecule has 0 radical (unpaired) electrons. The summed E-state index contributed by atoms with van der Waals surface area (Å²) < 4.78 is 11.7. The average molecular weight is 750 g/mol. The molecule has 9 heteroatoms. The van der Waals surface area contributed by atoms with Crippen molar-refractivity contribution in [2.75, 3.05) is 7.11 Å². The summed E-state index contributed by atoms with van der Waals surface area (Å²) in [6.45, 7) is 0.766. The highest BCUT2D eigenvalue weighted by atomic mass is 16.6. The van der Waals surface area contributed by atoms with Crippen molar-refractivity contribution in [2.45, 2.75) is 38.9 Å². The molecule has 0 amide bonds. The predicted octanol–water partition coefficient (Wildman–Crippen LogP) is 9.20. The molecule has 0 saturated heterocycles.